The maximum atomic E-state index is 9.91. The monoisotopic (exact) mass is 267 g/mol. The largest absolute Gasteiger partial charge is 0.392 e. The predicted molar refractivity (Wildman–Crippen MR) is 70.3 cm³/mol. The van der Waals surface area contributed by atoms with Gasteiger partial charge < -0.3 is 5.11 Å². The summed E-state index contributed by atoms with van der Waals surface area (Å²) in [6.45, 7) is 0. The van der Waals surface area contributed by atoms with E-state index in [1.165, 1.54) is 6.42 Å². The summed E-state index contributed by atoms with van der Waals surface area (Å²) in [6.07, 6.45) is 3.95. The van der Waals surface area contributed by atoms with E-state index in [2.05, 4.69) is 6.07 Å². The summed E-state index contributed by atoms with van der Waals surface area (Å²) in [5, 5.41) is 19.5. The van der Waals surface area contributed by atoms with Gasteiger partial charge in [-0.25, -0.2) is 0 Å². The molecule has 0 spiro atoms. The van der Waals surface area contributed by atoms with E-state index in [0.717, 1.165) is 24.2 Å². The molecule has 1 saturated carbocycles. The Morgan fingerprint density at radius 2 is 2.12 bits per heavy atom. The quantitative estimate of drug-likeness (QED) is 0.890. The number of benzene rings is 1. The SMILES string of the molecule is N#Cc1ccc(SC2CCCCC2O)c(Cl)c1. The molecule has 1 aliphatic rings. The number of thioether (sulfide) groups is 1. The molecule has 1 fully saturated rings. The van der Waals surface area contributed by atoms with E-state index in [1.807, 2.05) is 6.07 Å². The standard InChI is InChI=1S/C13H14ClNOS/c14-10-7-9(8-15)5-6-12(10)17-13-4-2-1-3-11(13)16/h5-7,11,13,16H,1-4H2. The summed E-state index contributed by atoms with van der Waals surface area (Å²) in [4.78, 5) is 0.955. The second kappa shape index (κ2) is 5.77. The molecule has 1 N–H and O–H groups in total. The van der Waals surface area contributed by atoms with Gasteiger partial charge in [0.15, 0.2) is 0 Å². The Hall–Kier alpha value is -0.690. The number of hydrogen-bond acceptors (Lipinski definition) is 3. The molecule has 0 amide bonds. The Bertz CT molecular complexity index is 444. The maximum absolute atomic E-state index is 9.91. The molecular weight excluding hydrogens is 254 g/mol. The van der Waals surface area contributed by atoms with Crippen molar-refractivity contribution in [3.8, 4) is 6.07 Å². The van der Waals surface area contributed by atoms with Gasteiger partial charge in [-0.1, -0.05) is 24.4 Å². The smallest absolute Gasteiger partial charge is 0.0992 e. The molecule has 0 bridgehead atoms. The van der Waals surface area contributed by atoms with Crippen molar-refractivity contribution in [2.24, 2.45) is 0 Å². The zero-order chi connectivity index (χ0) is 12.3. The molecule has 4 heteroatoms. The van der Waals surface area contributed by atoms with Crippen LogP contribution in [0.2, 0.25) is 5.02 Å². The first-order valence-corrected chi connectivity index (χ1v) is 7.01. The van der Waals surface area contributed by atoms with Crippen molar-refractivity contribution in [2.45, 2.75) is 41.9 Å². The fourth-order valence-electron chi connectivity index (χ4n) is 2.04. The maximum Gasteiger partial charge on any atom is 0.0992 e. The normalized spacial score (nSPS) is 24.3. The third-order valence-electron chi connectivity index (χ3n) is 3.01. The third kappa shape index (κ3) is 3.16. The van der Waals surface area contributed by atoms with Crippen LogP contribution in [0.15, 0.2) is 23.1 Å². The Morgan fingerprint density at radius 3 is 2.76 bits per heavy atom. The van der Waals surface area contributed by atoms with Crippen molar-refractivity contribution in [1.82, 2.24) is 0 Å². The van der Waals surface area contributed by atoms with Crippen LogP contribution in [0, 0.1) is 11.3 Å². The molecule has 0 heterocycles. The number of aliphatic hydroxyl groups is 1. The number of rotatable bonds is 2. The first-order valence-electron chi connectivity index (χ1n) is 5.75. The fourth-order valence-corrected chi connectivity index (χ4v) is 3.58. The van der Waals surface area contributed by atoms with E-state index in [0.29, 0.717) is 10.6 Å². The number of nitrogens with zero attached hydrogens (tertiary/aromatic N) is 1. The lowest BCUT2D eigenvalue weighted by Crippen LogP contribution is -2.26. The average Bonchev–Trinajstić information content (AvgIpc) is 2.34. The predicted octanol–water partition coefficient (Wildman–Crippen LogP) is 3.61. The summed E-state index contributed by atoms with van der Waals surface area (Å²) in [7, 11) is 0. The van der Waals surface area contributed by atoms with Crippen LogP contribution in [0.1, 0.15) is 31.2 Å². The van der Waals surface area contributed by atoms with Gasteiger partial charge in [-0.15, -0.1) is 11.8 Å². The van der Waals surface area contributed by atoms with E-state index >= 15 is 0 Å². The fraction of sp³-hybridized carbons (Fsp3) is 0.462. The van der Waals surface area contributed by atoms with Gasteiger partial charge in [0.05, 0.1) is 22.8 Å². The van der Waals surface area contributed by atoms with Gasteiger partial charge in [-0.2, -0.15) is 5.26 Å². The topological polar surface area (TPSA) is 44.0 Å². The summed E-state index contributed by atoms with van der Waals surface area (Å²) in [5.41, 5.74) is 0.573. The van der Waals surface area contributed by atoms with E-state index in [9.17, 15) is 5.11 Å². The lowest BCUT2D eigenvalue weighted by molar-refractivity contribution is 0.137. The lowest BCUT2D eigenvalue weighted by Gasteiger charge is -2.27. The highest BCUT2D eigenvalue weighted by atomic mass is 35.5. The molecule has 2 rings (SSSR count). The lowest BCUT2D eigenvalue weighted by atomic mass is 9.97. The van der Waals surface area contributed by atoms with Crippen LogP contribution in [-0.4, -0.2) is 16.5 Å². The van der Waals surface area contributed by atoms with Gasteiger partial charge >= 0.3 is 0 Å². The van der Waals surface area contributed by atoms with Crippen molar-refractivity contribution < 1.29 is 5.11 Å². The second-order valence-corrected chi connectivity index (χ2v) is 5.95. The van der Waals surface area contributed by atoms with Gasteiger partial charge in [0.25, 0.3) is 0 Å². The summed E-state index contributed by atoms with van der Waals surface area (Å²) >= 11 is 7.75. The molecule has 2 nitrogen and oxygen atoms in total. The van der Waals surface area contributed by atoms with Gasteiger partial charge in [-0.3, -0.25) is 0 Å². The van der Waals surface area contributed by atoms with Crippen LogP contribution >= 0.6 is 23.4 Å². The molecule has 0 radical (unpaired) electrons. The van der Waals surface area contributed by atoms with E-state index in [1.54, 1.807) is 23.9 Å². The Labute approximate surface area is 111 Å². The minimum atomic E-state index is -0.236. The zero-order valence-corrected chi connectivity index (χ0v) is 11.0. The van der Waals surface area contributed by atoms with E-state index in [-0.39, 0.29) is 11.4 Å². The molecule has 90 valence electrons. The van der Waals surface area contributed by atoms with Crippen molar-refractivity contribution in [3.05, 3.63) is 28.8 Å². The number of nitriles is 1. The van der Waals surface area contributed by atoms with Gasteiger partial charge in [0, 0.05) is 10.1 Å². The highest BCUT2D eigenvalue weighted by Crippen LogP contribution is 2.37. The Kier molecular flexibility index (Phi) is 4.33. The Morgan fingerprint density at radius 1 is 1.35 bits per heavy atom. The number of aliphatic hydroxyl groups excluding tert-OH is 1. The minimum absolute atomic E-state index is 0.231. The van der Waals surface area contributed by atoms with Gasteiger partial charge in [-0.05, 0) is 31.0 Å². The first-order chi connectivity index (χ1) is 8.20. The molecule has 2 atom stereocenters. The second-order valence-electron chi connectivity index (χ2n) is 4.27. The van der Waals surface area contributed by atoms with Crippen LogP contribution in [0.25, 0.3) is 0 Å². The molecule has 0 aliphatic heterocycles. The number of halogens is 1. The van der Waals surface area contributed by atoms with E-state index in [4.69, 9.17) is 16.9 Å². The van der Waals surface area contributed by atoms with Crippen LogP contribution in [0.5, 0.6) is 0 Å². The van der Waals surface area contributed by atoms with Crippen LogP contribution in [0.3, 0.4) is 0 Å². The van der Waals surface area contributed by atoms with Crippen molar-refractivity contribution >= 4 is 23.4 Å². The van der Waals surface area contributed by atoms with Crippen LogP contribution in [0.4, 0.5) is 0 Å². The van der Waals surface area contributed by atoms with Crippen LogP contribution in [-0.2, 0) is 0 Å². The zero-order valence-electron chi connectivity index (χ0n) is 9.40. The molecule has 17 heavy (non-hydrogen) atoms. The van der Waals surface area contributed by atoms with Crippen molar-refractivity contribution in [3.63, 3.8) is 0 Å². The molecule has 2 unspecified atom stereocenters. The first kappa shape index (κ1) is 12.8. The summed E-state index contributed by atoms with van der Waals surface area (Å²) in [6, 6.07) is 7.38. The van der Waals surface area contributed by atoms with Gasteiger partial charge in [0.1, 0.15) is 0 Å². The van der Waals surface area contributed by atoms with E-state index < -0.39 is 0 Å². The molecule has 1 aromatic carbocycles. The minimum Gasteiger partial charge on any atom is -0.392 e. The molecule has 0 saturated heterocycles. The van der Waals surface area contributed by atoms with Crippen molar-refractivity contribution in [2.75, 3.05) is 0 Å². The van der Waals surface area contributed by atoms with Crippen LogP contribution < -0.4 is 0 Å². The Balaban J connectivity index is 2.10. The van der Waals surface area contributed by atoms with Crippen molar-refractivity contribution in [1.29, 1.82) is 5.26 Å². The highest BCUT2D eigenvalue weighted by molar-refractivity contribution is 8.00. The average molecular weight is 268 g/mol. The molecule has 1 aromatic rings. The van der Waals surface area contributed by atoms with Gasteiger partial charge in [0.2, 0.25) is 0 Å². The molecule has 1 aliphatic carbocycles. The summed E-state index contributed by atoms with van der Waals surface area (Å²) in [5.74, 6) is 0. The summed E-state index contributed by atoms with van der Waals surface area (Å²) < 4.78 is 0. The number of hydrogen-bond donors (Lipinski definition) is 1. The third-order valence-corrected chi connectivity index (χ3v) is 4.89. The molecular formula is C13H14ClNOS. The highest BCUT2D eigenvalue weighted by Gasteiger charge is 2.24. The molecule has 0 aromatic heterocycles.